The third-order valence-electron chi connectivity index (χ3n) is 2.43. The smallest absolute Gasteiger partial charge is 0.274 e. The Morgan fingerprint density at radius 3 is 2.21 bits per heavy atom. The number of halogens is 5. The minimum atomic E-state index is -5.69. The molecule has 2 aromatic heterocycles. The van der Waals surface area contributed by atoms with Gasteiger partial charge in [0.25, 0.3) is 0 Å². The molecule has 0 radical (unpaired) electrons. The summed E-state index contributed by atoms with van der Waals surface area (Å²) in [4.78, 5) is 0. The van der Waals surface area contributed by atoms with Gasteiger partial charge in [0.2, 0.25) is 0 Å². The van der Waals surface area contributed by atoms with Crippen LogP contribution in [-0.2, 0) is 13.0 Å². The first-order valence-electron chi connectivity index (χ1n) is 5.14. The van der Waals surface area contributed by atoms with Gasteiger partial charge in [0, 0.05) is 19.3 Å². The van der Waals surface area contributed by atoms with Crippen molar-refractivity contribution < 1.29 is 22.0 Å². The summed E-state index contributed by atoms with van der Waals surface area (Å²) < 4.78 is 65.8. The molecule has 0 N–H and O–H groups in total. The Morgan fingerprint density at radius 2 is 1.74 bits per heavy atom. The fourth-order valence-electron chi connectivity index (χ4n) is 1.56. The van der Waals surface area contributed by atoms with E-state index in [0.717, 1.165) is 0 Å². The summed E-state index contributed by atoms with van der Waals surface area (Å²) in [6.45, 7) is 1.33. The summed E-state index contributed by atoms with van der Waals surface area (Å²) in [5.41, 5.74) is -1.21. The van der Waals surface area contributed by atoms with Crippen molar-refractivity contribution in [2.45, 2.75) is 19.0 Å². The number of alkyl halides is 5. The number of rotatable bonds is 2. The van der Waals surface area contributed by atoms with Crippen LogP contribution in [0.1, 0.15) is 11.4 Å². The van der Waals surface area contributed by atoms with Crippen LogP contribution < -0.4 is 0 Å². The maximum absolute atomic E-state index is 13.4. The van der Waals surface area contributed by atoms with Crippen molar-refractivity contribution >= 4 is 0 Å². The predicted octanol–water partition coefficient (Wildman–Crippen LogP) is 2.57. The normalized spacial score (nSPS) is 13.0. The predicted molar refractivity (Wildman–Crippen MR) is 55.0 cm³/mol. The number of hydrogen-bond acceptors (Lipinski definition) is 2. The van der Waals surface area contributed by atoms with Gasteiger partial charge in [0.1, 0.15) is 5.69 Å². The van der Waals surface area contributed by atoms with Crippen molar-refractivity contribution in [1.82, 2.24) is 19.6 Å². The zero-order valence-electron chi connectivity index (χ0n) is 9.91. The van der Waals surface area contributed by atoms with Gasteiger partial charge in [-0.25, -0.2) is 4.68 Å². The van der Waals surface area contributed by atoms with E-state index in [9.17, 15) is 22.0 Å². The van der Waals surface area contributed by atoms with Crippen LogP contribution >= 0.6 is 0 Å². The molecule has 0 unspecified atom stereocenters. The second kappa shape index (κ2) is 4.04. The molecule has 0 fully saturated rings. The van der Waals surface area contributed by atoms with Gasteiger partial charge in [-0.15, -0.1) is 0 Å². The van der Waals surface area contributed by atoms with Gasteiger partial charge in [-0.05, 0) is 13.0 Å². The number of aryl methyl sites for hydroxylation is 2. The first-order valence-corrected chi connectivity index (χ1v) is 5.14. The molecule has 0 bridgehead atoms. The highest BCUT2D eigenvalue weighted by atomic mass is 19.4. The summed E-state index contributed by atoms with van der Waals surface area (Å²) in [6, 6.07) is 1.99. The Kier molecular flexibility index (Phi) is 2.87. The second-order valence-electron chi connectivity index (χ2n) is 4.00. The van der Waals surface area contributed by atoms with E-state index in [1.165, 1.54) is 30.9 Å². The highest BCUT2D eigenvalue weighted by Gasteiger charge is 2.61. The van der Waals surface area contributed by atoms with Crippen molar-refractivity contribution in [3.63, 3.8) is 0 Å². The maximum Gasteiger partial charge on any atom is 0.459 e. The van der Waals surface area contributed by atoms with Crippen molar-refractivity contribution in [1.29, 1.82) is 0 Å². The molecule has 2 aromatic rings. The molecule has 19 heavy (non-hydrogen) atoms. The monoisotopic (exact) mass is 280 g/mol. The Morgan fingerprint density at radius 1 is 1.11 bits per heavy atom. The van der Waals surface area contributed by atoms with Gasteiger partial charge in [-0.3, -0.25) is 4.68 Å². The van der Waals surface area contributed by atoms with Crippen LogP contribution in [-0.4, -0.2) is 25.7 Å². The maximum atomic E-state index is 13.4. The molecular formula is C10H9F5N4. The van der Waals surface area contributed by atoms with Gasteiger partial charge >= 0.3 is 12.1 Å². The standard InChI is InChI=1S/C10H9F5N4/c1-6-5-7(9(11,12)10(13,14)15)19(16-6)8-3-4-18(2)17-8/h3-5H,1-2H3. The minimum Gasteiger partial charge on any atom is -0.274 e. The highest BCUT2D eigenvalue weighted by Crippen LogP contribution is 2.44. The quantitative estimate of drug-likeness (QED) is 0.793. The average molecular weight is 280 g/mol. The topological polar surface area (TPSA) is 35.6 Å². The van der Waals surface area contributed by atoms with Crippen molar-refractivity contribution in [2.75, 3.05) is 0 Å². The van der Waals surface area contributed by atoms with Crippen molar-refractivity contribution in [3.8, 4) is 5.82 Å². The second-order valence-corrected chi connectivity index (χ2v) is 4.00. The average Bonchev–Trinajstić information content (AvgIpc) is 2.82. The van der Waals surface area contributed by atoms with E-state index in [1.807, 2.05) is 0 Å². The fraction of sp³-hybridized carbons (Fsp3) is 0.400. The van der Waals surface area contributed by atoms with E-state index in [4.69, 9.17) is 0 Å². The summed E-state index contributed by atoms with van der Waals surface area (Å²) in [5, 5.41) is 7.40. The Bertz CT molecular complexity index is 595. The first kappa shape index (κ1) is 13.5. The molecule has 0 spiro atoms. The molecular weight excluding hydrogens is 271 g/mol. The number of aromatic nitrogens is 4. The largest absolute Gasteiger partial charge is 0.459 e. The molecule has 0 aliphatic rings. The zero-order valence-corrected chi connectivity index (χ0v) is 9.91. The third kappa shape index (κ3) is 2.20. The lowest BCUT2D eigenvalue weighted by Gasteiger charge is -2.19. The van der Waals surface area contributed by atoms with Gasteiger partial charge in [0.15, 0.2) is 5.82 Å². The van der Waals surface area contributed by atoms with E-state index >= 15 is 0 Å². The molecule has 4 nitrogen and oxygen atoms in total. The first-order chi connectivity index (χ1) is 8.63. The molecule has 9 heteroatoms. The number of hydrogen-bond donors (Lipinski definition) is 0. The SMILES string of the molecule is Cc1cc(C(F)(F)C(F)(F)F)n(-c2ccn(C)n2)n1. The summed E-state index contributed by atoms with van der Waals surface area (Å²) in [6.07, 6.45) is -4.27. The number of nitrogens with zero attached hydrogens (tertiary/aromatic N) is 4. The molecule has 0 aromatic carbocycles. The van der Waals surface area contributed by atoms with Crippen LogP contribution in [0, 0.1) is 6.92 Å². The van der Waals surface area contributed by atoms with Gasteiger partial charge in [-0.1, -0.05) is 0 Å². The van der Waals surface area contributed by atoms with E-state index in [-0.39, 0.29) is 11.5 Å². The zero-order chi connectivity index (χ0) is 14.4. The molecule has 0 saturated carbocycles. The highest BCUT2D eigenvalue weighted by molar-refractivity contribution is 5.28. The lowest BCUT2D eigenvalue weighted by molar-refractivity contribution is -0.291. The van der Waals surface area contributed by atoms with Crippen molar-refractivity contribution in [2.24, 2.45) is 7.05 Å². The lowest BCUT2D eigenvalue weighted by Crippen LogP contribution is -2.35. The lowest BCUT2D eigenvalue weighted by atomic mass is 10.2. The van der Waals surface area contributed by atoms with E-state index in [1.54, 1.807) is 0 Å². The van der Waals surface area contributed by atoms with E-state index < -0.39 is 17.8 Å². The summed E-state index contributed by atoms with van der Waals surface area (Å²) >= 11 is 0. The molecule has 0 aliphatic carbocycles. The van der Waals surface area contributed by atoms with Crippen LogP contribution in [0.3, 0.4) is 0 Å². The van der Waals surface area contributed by atoms with Gasteiger partial charge in [0.05, 0.1) is 5.69 Å². The Balaban J connectivity index is 2.60. The molecule has 0 saturated heterocycles. The molecule has 2 rings (SSSR count). The molecule has 2 heterocycles. The third-order valence-corrected chi connectivity index (χ3v) is 2.43. The minimum absolute atomic E-state index is 0.0459. The van der Waals surface area contributed by atoms with Gasteiger partial charge in [-0.2, -0.15) is 32.1 Å². The van der Waals surface area contributed by atoms with Crippen LogP contribution in [0.25, 0.3) is 5.82 Å². The molecule has 0 amide bonds. The van der Waals surface area contributed by atoms with Gasteiger partial charge < -0.3 is 0 Å². The van der Waals surface area contributed by atoms with Crippen LogP contribution in [0.15, 0.2) is 18.3 Å². The van der Waals surface area contributed by atoms with E-state index in [2.05, 4.69) is 10.2 Å². The van der Waals surface area contributed by atoms with E-state index in [0.29, 0.717) is 10.7 Å². The van der Waals surface area contributed by atoms with Crippen LogP contribution in [0.4, 0.5) is 22.0 Å². The Hall–Kier alpha value is -1.93. The van der Waals surface area contributed by atoms with Crippen LogP contribution in [0.5, 0.6) is 0 Å². The molecule has 104 valence electrons. The Labute approximate surface area is 104 Å². The van der Waals surface area contributed by atoms with Crippen LogP contribution in [0.2, 0.25) is 0 Å². The molecule has 0 atom stereocenters. The molecule has 0 aliphatic heterocycles. The fourth-order valence-corrected chi connectivity index (χ4v) is 1.56. The van der Waals surface area contributed by atoms with Crippen molar-refractivity contribution in [3.05, 3.63) is 29.7 Å². The summed E-state index contributed by atoms with van der Waals surface area (Å²) in [5.74, 6) is -5.10. The summed E-state index contributed by atoms with van der Waals surface area (Å²) in [7, 11) is 1.52.